The van der Waals surface area contributed by atoms with Gasteiger partial charge in [0.15, 0.2) is 0 Å². The summed E-state index contributed by atoms with van der Waals surface area (Å²) in [6, 6.07) is 7.46. The number of benzene rings is 1. The molecule has 1 aliphatic heterocycles. The van der Waals surface area contributed by atoms with Crippen LogP contribution in [0.5, 0.6) is 0 Å². The fourth-order valence-electron chi connectivity index (χ4n) is 2.21. The van der Waals surface area contributed by atoms with Crippen molar-refractivity contribution in [2.75, 3.05) is 38.5 Å². The molecule has 1 aromatic carbocycles. The smallest absolute Gasteiger partial charge is 0.227 e. The first-order chi connectivity index (χ1) is 9.19. The molecular formula is C15H19N3O. The maximum atomic E-state index is 12.2. The first-order valence-corrected chi connectivity index (χ1v) is 6.47. The maximum absolute atomic E-state index is 12.2. The molecule has 1 aliphatic rings. The highest BCUT2D eigenvalue weighted by Crippen LogP contribution is 2.09. The molecule has 4 heteroatoms. The van der Waals surface area contributed by atoms with Gasteiger partial charge in [-0.05, 0) is 17.7 Å². The average molecular weight is 257 g/mol. The van der Waals surface area contributed by atoms with E-state index in [1.54, 1.807) is 0 Å². The van der Waals surface area contributed by atoms with Gasteiger partial charge in [0.25, 0.3) is 0 Å². The van der Waals surface area contributed by atoms with Gasteiger partial charge in [0.2, 0.25) is 5.91 Å². The van der Waals surface area contributed by atoms with Crippen LogP contribution in [0.3, 0.4) is 0 Å². The molecule has 100 valence electrons. The van der Waals surface area contributed by atoms with E-state index in [0.29, 0.717) is 13.0 Å². The highest BCUT2D eigenvalue weighted by Gasteiger charge is 2.20. The van der Waals surface area contributed by atoms with Crippen molar-refractivity contribution in [2.24, 2.45) is 0 Å². The van der Waals surface area contributed by atoms with E-state index in [1.807, 2.05) is 29.2 Å². The van der Waals surface area contributed by atoms with Gasteiger partial charge in [0.1, 0.15) is 0 Å². The molecule has 0 aromatic heterocycles. The standard InChI is InChI=1S/C15H19N3O/c1-2-7-17-8-10-18(11-9-17)15(19)12-13-3-5-14(16)6-4-13/h1,3-6H,7-12,16H2. The first kappa shape index (κ1) is 13.4. The molecule has 0 bridgehead atoms. The van der Waals surface area contributed by atoms with Crippen molar-refractivity contribution in [3.63, 3.8) is 0 Å². The first-order valence-electron chi connectivity index (χ1n) is 6.47. The predicted octanol–water partition coefficient (Wildman–Crippen LogP) is 0.589. The van der Waals surface area contributed by atoms with Gasteiger partial charge in [-0.25, -0.2) is 0 Å². The number of amides is 1. The summed E-state index contributed by atoms with van der Waals surface area (Å²) in [5.74, 6) is 2.81. The molecule has 0 unspecified atom stereocenters. The van der Waals surface area contributed by atoms with E-state index in [0.717, 1.165) is 37.4 Å². The zero-order valence-corrected chi connectivity index (χ0v) is 11.0. The SMILES string of the molecule is C#CCN1CCN(C(=O)Cc2ccc(N)cc2)CC1. The Morgan fingerprint density at radius 1 is 1.21 bits per heavy atom. The molecule has 1 heterocycles. The van der Waals surface area contributed by atoms with Crippen LogP contribution in [0.1, 0.15) is 5.56 Å². The number of piperazine rings is 1. The molecule has 0 aliphatic carbocycles. The number of carbonyl (C=O) groups is 1. The molecule has 0 spiro atoms. The van der Waals surface area contributed by atoms with Crippen molar-refractivity contribution < 1.29 is 4.79 Å². The number of anilines is 1. The highest BCUT2D eigenvalue weighted by atomic mass is 16.2. The Morgan fingerprint density at radius 2 is 1.84 bits per heavy atom. The van der Waals surface area contributed by atoms with Gasteiger partial charge in [0.05, 0.1) is 13.0 Å². The van der Waals surface area contributed by atoms with E-state index < -0.39 is 0 Å². The van der Waals surface area contributed by atoms with Gasteiger partial charge >= 0.3 is 0 Å². The summed E-state index contributed by atoms with van der Waals surface area (Å²) in [6.45, 7) is 3.90. The Kier molecular flexibility index (Phi) is 4.43. The second-order valence-electron chi connectivity index (χ2n) is 4.78. The van der Waals surface area contributed by atoms with E-state index in [9.17, 15) is 4.79 Å². The largest absolute Gasteiger partial charge is 0.399 e. The summed E-state index contributed by atoms with van der Waals surface area (Å²) in [5.41, 5.74) is 7.35. The molecule has 1 fully saturated rings. The Balaban J connectivity index is 1.85. The lowest BCUT2D eigenvalue weighted by Crippen LogP contribution is -2.49. The van der Waals surface area contributed by atoms with Crippen LogP contribution in [0.15, 0.2) is 24.3 Å². The third kappa shape index (κ3) is 3.73. The van der Waals surface area contributed by atoms with E-state index in [-0.39, 0.29) is 5.91 Å². The lowest BCUT2D eigenvalue weighted by molar-refractivity contribution is -0.132. The molecular weight excluding hydrogens is 238 g/mol. The van der Waals surface area contributed by atoms with E-state index in [2.05, 4.69) is 10.8 Å². The molecule has 0 radical (unpaired) electrons. The van der Waals surface area contributed by atoms with E-state index in [1.165, 1.54) is 0 Å². The second kappa shape index (κ2) is 6.26. The van der Waals surface area contributed by atoms with E-state index in [4.69, 9.17) is 12.2 Å². The number of nitrogens with two attached hydrogens (primary N) is 1. The number of hydrogen-bond acceptors (Lipinski definition) is 3. The van der Waals surface area contributed by atoms with Gasteiger partial charge in [0, 0.05) is 31.9 Å². The lowest BCUT2D eigenvalue weighted by Gasteiger charge is -2.33. The van der Waals surface area contributed by atoms with Crippen LogP contribution >= 0.6 is 0 Å². The third-order valence-electron chi connectivity index (χ3n) is 3.37. The van der Waals surface area contributed by atoms with Gasteiger partial charge in [-0.2, -0.15) is 0 Å². The topological polar surface area (TPSA) is 49.6 Å². The minimum atomic E-state index is 0.171. The molecule has 1 aromatic rings. The van der Waals surface area contributed by atoms with Crippen molar-refractivity contribution in [1.82, 2.24) is 9.80 Å². The van der Waals surface area contributed by atoms with Crippen molar-refractivity contribution in [3.8, 4) is 12.3 Å². The predicted molar refractivity (Wildman–Crippen MR) is 76.4 cm³/mol. The van der Waals surface area contributed by atoms with Crippen molar-refractivity contribution in [1.29, 1.82) is 0 Å². The van der Waals surface area contributed by atoms with Crippen molar-refractivity contribution in [2.45, 2.75) is 6.42 Å². The fourth-order valence-corrected chi connectivity index (χ4v) is 2.21. The number of terminal acetylenes is 1. The number of rotatable bonds is 3. The summed E-state index contributed by atoms with van der Waals surface area (Å²) < 4.78 is 0. The van der Waals surface area contributed by atoms with Gasteiger partial charge < -0.3 is 10.6 Å². The lowest BCUT2D eigenvalue weighted by atomic mass is 10.1. The zero-order chi connectivity index (χ0) is 13.7. The summed E-state index contributed by atoms with van der Waals surface area (Å²) in [7, 11) is 0. The summed E-state index contributed by atoms with van der Waals surface area (Å²) in [5, 5.41) is 0. The summed E-state index contributed by atoms with van der Waals surface area (Å²) in [4.78, 5) is 16.2. The number of nitrogens with zero attached hydrogens (tertiary/aromatic N) is 2. The Morgan fingerprint density at radius 3 is 2.42 bits per heavy atom. The second-order valence-corrected chi connectivity index (χ2v) is 4.78. The number of nitrogen functional groups attached to an aromatic ring is 1. The molecule has 2 rings (SSSR count). The van der Waals surface area contributed by atoms with Crippen LogP contribution in [0, 0.1) is 12.3 Å². The van der Waals surface area contributed by atoms with Crippen LogP contribution in [0.4, 0.5) is 5.69 Å². The molecule has 4 nitrogen and oxygen atoms in total. The van der Waals surface area contributed by atoms with Crippen LogP contribution in [-0.4, -0.2) is 48.4 Å². The summed E-state index contributed by atoms with van der Waals surface area (Å²) >= 11 is 0. The monoisotopic (exact) mass is 257 g/mol. The molecule has 0 atom stereocenters. The van der Waals surface area contributed by atoms with Gasteiger partial charge in [-0.3, -0.25) is 9.69 Å². The van der Waals surface area contributed by atoms with E-state index >= 15 is 0 Å². The molecule has 1 amide bonds. The highest BCUT2D eigenvalue weighted by molar-refractivity contribution is 5.79. The van der Waals surface area contributed by atoms with Gasteiger partial charge in [-0.1, -0.05) is 18.1 Å². The Bertz CT molecular complexity index is 467. The van der Waals surface area contributed by atoms with Crippen molar-refractivity contribution in [3.05, 3.63) is 29.8 Å². The normalized spacial score (nSPS) is 16.1. The Labute approximate surface area is 114 Å². The van der Waals surface area contributed by atoms with Crippen molar-refractivity contribution >= 4 is 11.6 Å². The van der Waals surface area contributed by atoms with Crippen LogP contribution in [0.2, 0.25) is 0 Å². The van der Waals surface area contributed by atoms with Crippen LogP contribution in [-0.2, 0) is 11.2 Å². The molecule has 0 saturated carbocycles. The molecule has 2 N–H and O–H groups in total. The maximum Gasteiger partial charge on any atom is 0.227 e. The quantitative estimate of drug-likeness (QED) is 0.637. The number of hydrogen-bond donors (Lipinski definition) is 1. The van der Waals surface area contributed by atoms with Gasteiger partial charge in [-0.15, -0.1) is 6.42 Å². The van der Waals surface area contributed by atoms with Crippen LogP contribution < -0.4 is 5.73 Å². The van der Waals surface area contributed by atoms with Crippen LogP contribution in [0.25, 0.3) is 0 Å². The Hall–Kier alpha value is -1.99. The molecule has 19 heavy (non-hydrogen) atoms. The minimum absolute atomic E-state index is 0.171. The molecule has 1 saturated heterocycles. The fraction of sp³-hybridized carbons (Fsp3) is 0.400. The third-order valence-corrected chi connectivity index (χ3v) is 3.37. The average Bonchev–Trinajstić information content (AvgIpc) is 2.42. The zero-order valence-electron chi connectivity index (χ0n) is 11.0. The minimum Gasteiger partial charge on any atom is -0.399 e. The summed E-state index contributed by atoms with van der Waals surface area (Å²) in [6.07, 6.45) is 5.73. The number of carbonyl (C=O) groups excluding carboxylic acids is 1.